The van der Waals surface area contributed by atoms with Crippen LogP contribution in [-0.4, -0.2) is 20.5 Å². The number of rotatable bonds is 3. The van der Waals surface area contributed by atoms with E-state index < -0.39 is 9.84 Å². The van der Waals surface area contributed by atoms with Crippen LogP contribution in [0.25, 0.3) is 0 Å². The van der Waals surface area contributed by atoms with E-state index in [2.05, 4.69) is 22.6 Å². The minimum atomic E-state index is -3.40. The fraction of sp³-hybridized carbons (Fsp3) is 0.0714. The van der Waals surface area contributed by atoms with Crippen LogP contribution in [0, 0.1) is 3.57 Å². The van der Waals surface area contributed by atoms with Crippen LogP contribution in [0.2, 0.25) is 0 Å². The zero-order chi connectivity index (χ0) is 14.9. The summed E-state index contributed by atoms with van der Waals surface area (Å²) in [4.78, 5) is 12.4. The third-order valence-electron chi connectivity index (χ3n) is 2.73. The molecule has 2 N–H and O–H groups in total. The molecule has 6 heteroatoms. The smallest absolute Gasteiger partial charge is 0.193 e. The Morgan fingerprint density at radius 3 is 2.20 bits per heavy atom. The van der Waals surface area contributed by atoms with Crippen molar-refractivity contribution in [2.75, 3.05) is 12.0 Å². The van der Waals surface area contributed by atoms with E-state index >= 15 is 0 Å². The monoisotopic (exact) mass is 401 g/mol. The second-order valence-electron chi connectivity index (χ2n) is 4.40. The number of ketones is 1. The van der Waals surface area contributed by atoms with Gasteiger partial charge in [0.2, 0.25) is 0 Å². The predicted molar refractivity (Wildman–Crippen MR) is 86.6 cm³/mol. The molecule has 0 saturated heterocycles. The average Bonchev–Trinajstić information content (AvgIpc) is 2.37. The van der Waals surface area contributed by atoms with Crippen molar-refractivity contribution in [2.24, 2.45) is 0 Å². The number of carbonyl (C=O) groups excluding carboxylic acids is 1. The standard InChI is InChI=1S/C14H12INO3S/c1-20(18,19)13-7-10(6-12(16)8-13)14(17)9-2-4-11(15)5-3-9/h2-8H,16H2,1H3. The maximum atomic E-state index is 12.3. The Hall–Kier alpha value is -1.41. The van der Waals surface area contributed by atoms with Gasteiger partial charge in [-0.1, -0.05) is 0 Å². The molecular weight excluding hydrogens is 389 g/mol. The van der Waals surface area contributed by atoms with Crippen LogP contribution in [0.5, 0.6) is 0 Å². The summed E-state index contributed by atoms with van der Waals surface area (Å²) < 4.78 is 24.2. The third-order valence-corrected chi connectivity index (χ3v) is 4.54. The van der Waals surface area contributed by atoms with Gasteiger partial charge < -0.3 is 5.73 Å². The van der Waals surface area contributed by atoms with Gasteiger partial charge in [0.1, 0.15) is 0 Å². The molecule has 0 aliphatic heterocycles. The van der Waals surface area contributed by atoms with E-state index in [4.69, 9.17) is 5.73 Å². The van der Waals surface area contributed by atoms with Gasteiger partial charge in [0.05, 0.1) is 4.90 Å². The van der Waals surface area contributed by atoms with Crippen LogP contribution in [-0.2, 0) is 9.84 Å². The Morgan fingerprint density at radius 2 is 1.65 bits per heavy atom. The highest BCUT2D eigenvalue weighted by atomic mass is 127. The summed E-state index contributed by atoms with van der Waals surface area (Å²) in [5.41, 5.74) is 6.70. The van der Waals surface area contributed by atoms with E-state index in [-0.39, 0.29) is 21.9 Å². The molecule has 104 valence electrons. The Labute approximate surface area is 131 Å². The summed E-state index contributed by atoms with van der Waals surface area (Å²) in [5.74, 6) is -0.251. The quantitative estimate of drug-likeness (QED) is 0.487. The zero-order valence-corrected chi connectivity index (χ0v) is 13.6. The fourth-order valence-corrected chi connectivity index (χ4v) is 2.79. The highest BCUT2D eigenvalue weighted by molar-refractivity contribution is 14.1. The summed E-state index contributed by atoms with van der Waals surface area (Å²) in [6.07, 6.45) is 1.08. The SMILES string of the molecule is CS(=O)(=O)c1cc(N)cc(C(=O)c2ccc(I)cc2)c1. The molecule has 0 radical (unpaired) electrons. The van der Waals surface area contributed by atoms with Gasteiger partial charge in [-0.25, -0.2) is 8.42 Å². The van der Waals surface area contributed by atoms with Crippen molar-refractivity contribution in [2.45, 2.75) is 4.90 Å². The van der Waals surface area contributed by atoms with Crippen LogP contribution in [0.3, 0.4) is 0 Å². The lowest BCUT2D eigenvalue weighted by atomic mass is 10.0. The van der Waals surface area contributed by atoms with Crippen molar-refractivity contribution < 1.29 is 13.2 Å². The second-order valence-corrected chi connectivity index (χ2v) is 7.66. The highest BCUT2D eigenvalue weighted by Gasteiger charge is 2.14. The van der Waals surface area contributed by atoms with Gasteiger partial charge in [0, 0.05) is 26.6 Å². The molecule has 2 rings (SSSR count). The van der Waals surface area contributed by atoms with E-state index in [0.29, 0.717) is 5.56 Å². The van der Waals surface area contributed by atoms with E-state index in [0.717, 1.165) is 9.83 Å². The first kappa shape index (κ1) is 15.0. The average molecular weight is 401 g/mol. The maximum Gasteiger partial charge on any atom is 0.193 e. The van der Waals surface area contributed by atoms with Gasteiger partial charge in [0.15, 0.2) is 15.6 Å². The first-order chi connectivity index (χ1) is 9.27. The third kappa shape index (κ3) is 3.37. The van der Waals surface area contributed by atoms with E-state index in [1.165, 1.54) is 18.2 Å². The Balaban J connectivity index is 2.50. The van der Waals surface area contributed by atoms with Crippen molar-refractivity contribution >= 4 is 43.9 Å². The Morgan fingerprint density at radius 1 is 1.05 bits per heavy atom. The summed E-state index contributed by atoms with van der Waals surface area (Å²) in [6, 6.07) is 11.2. The van der Waals surface area contributed by atoms with Crippen molar-refractivity contribution in [1.29, 1.82) is 0 Å². The maximum absolute atomic E-state index is 12.3. The van der Waals surface area contributed by atoms with Gasteiger partial charge in [0.25, 0.3) is 0 Å². The molecule has 2 aromatic rings. The van der Waals surface area contributed by atoms with Gasteiger partial charge >= 0.3 is 0 Å². The van der Waals surface area contributed by atoms with Crippen LogP contribution >= 0.6 is 22.6 Å². The van der Waals surface area contributed by atoms with E-state index in [1.807, 2.05) is 12.1 Å². The predicted octanol–water partition coefficient (Wildman–Crippen LogP) is 2.51. The normalized spacial score (nSPS) is 11.3. The van der Waals surface area contributed by atoms with E-state index in [1.54, 1.807) is 12.1 Å². The molecule has 0 aliphatic carbocycles. The lowest BCUT2D eigenvalue weighted by Gasteiger charge is -2.06. The summed E-state index contributed by atoms with van der Waals surface area (Å²) in [6.45, 7) is 0. The van der Waals surface area contributed by atoms with Crippen molar-refractivity contribution in [1.82, 2.24) is 0 Å². The molecule has 0 atom stereocenters. The summed E-state index contributed by atoms with van der Waals surface area (Å²) >= 11 is 2.15. The molecule has 0 heterocycles. The van der Waals surface area contributed by atoms with Gasteiger partial charge in [-0.3, -0.25) is 4.79 Å². The first-order valence-corrected chi connectivity index (χ1v) is 8.65. The number of anilines is 1. The molecule has 20 heavy (non-hydrogen) atoms. The van der Waals surface area contributed by atoms with Gasteiger partial charge in [-0.05, 0) is 65.1 Å². The summed E-state index contributed by atoms with van der Waals surface area (Å²) in [5, 5.41) is 0. The minimum Gasteiger partial charge on any atom is -0.399 e. The minimum absolute atomic E-state index is 0.0476. The largest absolute Gasteiger partial charge is 0.399 e. The Kier molecular flexibility index (Phi) is 4.14. The number of hydrogen-bond donors (Lipinski definition) is 1. The Bertz CT molecular complexity index is 768. The van der Waals surface area contributed by atoms with Crippen LogP contribution in [0.1, 0.15) is 15.9 Å². The molecule has 0 amide bonds. The topological polar surface area (TPSA) is 77.2 Å². The number of nitrogens with two attached hydrogens (primary N) is 1. The second kappa shape index (κ2) is 5.53. The van der Waals surface area contributed by atoms with Gasteiger partial charge in [-0.15, -0.1) is 0 Å². The molecule has 0 aliphatic rings. The van der Waals surface area contributed by atoms with Crippen LogP contribution < -0.4 is 5.73 Å². The number of nitrogen functional groups attached to an aromatic ring is 1. The van der Waals surface area contributed by atoms with E-state index in [9.17, 15) is 13.2 Å². The number of carbonyl (C=O) groups is 1. The number of benzene rings is 2. The molecule has 0 spiro atoms. The summed E-state index contributed by atoms with van der Waals surface area (Å²) in [7, 11) is -3.40. The number of sulfone groups is 1. The zero-order valence-electron chi connectivity index (χ0n) is 10.6. The molecule has 0 bridgehead atoms. The molecule has 4 nitrogen and oxygen atoms in total. The van der Waals surface area contributed by atoms with Crippen molar-refractivity contribution in [3.05, 3.63) is 57.2 Å². The molecule has 0 aromatic heterocycles. The lowest BCUT2D eigenvalue weighted by molar-refractivity contribution is 0.103. The lowest BCUT2D eigenvalue weighted by Crippen LogP contribution is -2.06. The molecule has 0 saturated carbocycles. The molecular formula is C14H12INO3S. The van der Waals surface area contributed by atoms with Crippen molar-refractivity contribution in [3.63, 3.8) is 0 Å². The van der Waals surface area contributed by atoms with Crippen LogP contribution in [0.15, 0.2) is 47.4 Å². The number of hydrogen-bond acceptors (Lipinski definition) is 4. The van der Waals surface area contributed by atoms with Crippen LogP contribution in [0.4, 0.5) is 5.69 Å². The molecule has 2 aromatic carbocycles. The molecule has 0 fully saturated rings. The van der Waals surface area contributed by atoms with Gasteiger partial charge in [-0.2, -0.15) is 0 Å². The highest BCUT2D eigenvalue weighted by Crippen LogP contribution is 2.20. The first-order valence-electron chi connectivity index (χ1n) is 5.68. The molecule has 0 unspecified atom stereocenters. The van der Waals surface area contributed by atoms with Crippen molar-refractivity contribution in [3.8, 4) is 0 Å². The fourth-order valence-electron chi connectivity index (χ4n) is 1.74. The number of halogens is 1.